The zero-order chi connectivity index (χ0) is 13.1. The number of hydrogen-bond acceptors (Lipinski definition) is 3. The first-order chi connectivity index (χ1) is 9.33. The molecule has 1 saturated heterocycles. The van der Waals surface area contributed by atoms with Gasteiger partial charge in [-0.15, -0.1) is 0 Å². The highest BCUT2D eigenvalue weighted by molar-refractivity contribution is 5.86. The number of hydrogen-bond donors (Lipinski definition) is 1. The van der Waals surface area contributed by atoms with Crippen LogP contribution in [0.25, 0.3) is 0 Å². The Labute approximate surface area is 115 Å². The number of carbonyl (C=O) groups is 1. The third-order valence-electron chi connectivity index (χ3n) is 4.29. The molecule has 2 aliphatic rings. The van der Waals surface area contributed by atoms with Gasteiger partial charge in [-0.1, -0.05) is 30.7 Å². The minimum absolute atomic E-state index is 0.103. The van der Waals surface area contributed by atoms with E-state index in [1.54, 1.807) is 0 Å². The molecule has 1 aromatic rings. The summed E-state index contributed by atoms with van der Waals surface area (Å²) < 4.78 is 0. The second kappa shape index (κ2) is 5.85. The Morgan fingerprint density at radius 1 is 1.26 bits per heavy atom. The fourth-order valence-electron chi connectivity index (χ4n) is 3.15. The van der Waals surface area contributed by atoms with Gasteiger partial charge in [0.05, 0.1) is 12.6 Å². The lowest BCUT2D eigenvalue weighted by Crippen LogP contribution is -2.46. The lowest BCUT2D eigenvalue weighted by atomic mass is 9.97. The van der Waals surface area contributed by atoms with Crippen LogP contribution in [0.15, 0.2) is 24.3 Å². The van der Waals surface area contributed by atoms with Crippen LogP contribution in [-0.4, -0.2) is 36.4 Å². The summed E-state index contributed by atoms with van der Waals surface area (Å²) in [6, 6.07) is 8.69. The van der Waals surface area contributed by atoms with Gasteiger partial charge >= 0.3 is 0 Å². The Hall–Kier alpha value is -1.19. The maximum atomic E-state index is 12.3. The number of carbonyl (C=O) groups excluding carboxylic acids is 1. The zero-order valence-electron chi connectivity index (χ0n) is 11.4. The van der Waals surface area contributed by atoms with Crippen molar-refractivity contribution < 1.29 is 4.79 Å². The first kappa shape index (κ1) is 12.8. The summed E-state index contributed by atoms with van der Waals surface area (Å²) in [5.41, 5.74) is 2.83. The quantitative estimate of drug-likeness (QED) is 0.896. The first-order valence-corrected chi connectivity index (χ1v) is 7.38. The molecule has 3 nitrogen and oxygen atoms in total. The molecule has 3 rings (SSSR count). The number of rotatable bonds is 3. The largest absolute Gasteiger partial charge is 0.307 e. The normalized spacial score (nSPS) is 23.9. The number of piperidine rings is 1. The van der Waals surface area contributed by atoms with Gasteiger partial charge in [-0.2, -0.15) is 0 Å². The van der Waals surface area contributed by atoms with Crippen LogP contribution in [0.1, 0.15) is 30.4 Å². The molecule has 0 saturated carbocycles. The molecule has 0 aliphatic carbocycles. The Balaban J connectivity index is 1.58. The van der Waals surface area contributed by atoms with Gasteiger partial charge in [-0.05, 0) is 36.9 Å². The van der Waals surface area contributed by atoms with Crippen molar-refractivity contribution >= 4 is 5.78 Å². The van der Waals surface area contributed by atoms with Gasteiger partial charge in [0, 0.05) is 13.1 Å². The minimum Gasteiger partial charge on any atom is -0.307 e. The number of nitrogens with zero attached hydrogens (tertiary/aromatic N) is 1. The molecule has 1 fully saturated rings. The fourth-order valence-corrected chi connectivity index (χ4v) is 3.15. The van der Waals surface area contributed by atoms with Gasteiger partial charge in [0.1, 0.15) is 0 Å². The van der Waals surface area contributed by atoms with Crippen LogP contribution < -0.4 is 5.32 Å². The van der Waals surface area contributed by atoms with Gasteiger partial charge in [-0.25, -0.2) is 0 Å². The Kier molecular flexibility index (Phi) is 3.95. The van der Waals surface area contributed by atoms with E-state index in [1.165, 1.54) is 24.0 Å². The van der Waals surface area contributed by atoms with E-state index in [0.29, 0.717) is 12.3 Å². The molecule has 1 unspecified atom stereocenters. The Bertz CT molecular complexity index is 452. The second-order valence-corrected chi connectivity index (χ2v) is 5.70. The van der Waals surface area contributed by atoms with E-state index in [2.05, 4.69) is 34.5 Å². The van der Waals surface area contributed by atoms with E-state index in [0.717, 1.165) is 32.5 Å². The van der Waals surface area contributed by atoms with Gasteiger partial charge in [-0.3, -0.25) is 9.69 Å². The van der Waals surface area contributed by atoms with Crippen molar-refractivity contribution in [2.45, 2.75) is 38.3 Å². The maximum Gasteiger partial charge on any atom is 0.163 e. The summed E-state index contributed by atoms with van der Waals surface area (Å²) in [5, 5.41) is 3.35. The first-order valence-electron chi connectivity index (χ1n) is 7.38. The molecule has 102 valence electrons. The molecular formula is C16H22N2O. The molecule has 1 N–H and O–H groups in total. The van der Waals surface area contributed by atoms with Gasteiger partial charge in [0.25, 0.3) is 0 Å². The summed E-state index contributed by atoms with van der Waals surface area (Å²) >= 11 is 0. The van der Waals surface area contributed by atoms with Crippen molar-refractivity contribution in [2.75, 3.05) is 19.6 Å². The van der Waals surface area contributed by atoms with E-state index in [-0.39, 0.29) is 6.04 Å². The predicted octanol–water partition coefficient (Wildman–Crippen LogP) is 1.76. The third kappa shape index (κ3) is 3.04. The Morgan fingerprint density at radius 2 is 2.11 bits per heavy atom. The molecule has 0 amide bonds. The van der Waals surface area contributed by atoms with Crippen LogP contribution in [0, 0.1) is 0 Å². The monoisotopic (exact) mass is 258 g/mol. The summed E-state index contributed by atoms with van der Waals surface area (Å²) in [5.74, 6) is 0.374. The molecule has 0 spiro atoms. The molecular weight excluding hydrogens is 236 g/mol. The van der Waals surface area contributed by atoms with Crippen molar-refractivity contribution in [1.29, 1.82) is 0 Å². The highest BCUT2D eigenvalue weighted by Crippen LogP contribution is 2.18. The topological polar surface area (TPSA) is 32.3 Å². The maximum absolute atomic E-state index is 12.3. The smallest absolute Gasteiger partial charge is 0.163 e. The lowest BCUT2D eigenvalue weighted by Gasteiger charge is -2.30. The van der Waals surface area contributed by atoms with Crippen LogP contribution in [0.4, 0.5) is 0 Å². The fraction of sp³-hybridized carbons (Fsp3) is 0.562. The van der Waals surface area contributed by atoms with Crippen LogP contribution in [0.2, 0.25) is 0 Å². The lowest BCUT2D eigenvalue weighted by molar-refractivity contribution is -0.122. The van der Waals surface area contributed by atoms with Crippen LogP contribution in [-0.2, 0) is 17.8 Å². The van der Waals surface area contributed by atoms with E-state index >= 15 is 0 Å². The molecule has 0 radical (unpaired) electrons. The van der Waals surface area contributed by atoms with Crippen molar-refractivity contribution in [3.8, 4) is 0 Å². The summed E-state index contributed by atoms with van der Waals surface area (Å²) in [6.07, 6.45) is 4.48. The molecule has 3 heteroatoms. The van der Waals surface area contributed by atoms with Gasteiger partial charge in [0.15, 0.2) is 5.78 Å². The predicted molar refractivity (Wildman–Crippen MR) is 76.1 cm³/mol. The zero-order valence-corrected chi connectivity index (χ0v) is 11.4. The molecule has 2 heterocycles. The summed E-state index contributed by atoms with van der Waals surface area (Å²) in [7, 11) is 0. The Morgan fingerprint density at radius 3 is 2.89 bits per heavy atom. The molecule has 1 atom stereocenters. The average molecular weight is 258 g/mol. The van der Waals surface area contributed by atoms with Gasteiger partial charge in [0.2, 0.25) is 0 Å². The number of ketones is 1. The number of fused-ring (bicyclic) bond motifs is 1. The third-order valence-corrected chi connectivity index (χ3v) is 4.29. The SMILES string of the molecule is O=C(CN1CCc2ccccc2C1)C1CCCCN1. The standard InChI is InChI=1S/C16H22N2O/c19-16(15-7-3-4-9-17-15)12-18-10-8-13-5-1-2-6-14(13)11-18/h1-2,5-6,15,17H,3-4,7-12H2. The summed E-state index contributed by atoms with van der Waals surface area (Å²) in [4.78, 5) is 14.6. The number of Topliss-reactive ketones (excluding diaryl/α,β-unsaturated/α-hetero) is 1. The average Bonchev–Trinajstić information content (AvgIpc) is 2.48. The van der Waals surface area contributed by atoms with E-state index in [1.807, 2.05) is 0 Å². The second-order valence-electron chi connectivity index (χ2n) is 5.70. The van der Waals surface area contributed by atoms with Crippen molar-refractivity contribution in [3.05, 3.63) is 35.4 Å². The molecule has 19 heavy (non-hydrogen) atoms. The number of nitrogens with one attached hydrogen (secondary N) is 1. The summed E-state index contributed by atoms with van der Waals surface area (Å²) in [6.45, 7) is 3.54. The van der Waals surface area contributed by atoms with Gasteiger partial charge < -0.3 is 5.32 Å². The molecule has 0 aromatic heterocycles. The van der Waals surface area contributed by atoms with Crippen molar-refractivity contribution in [2.24, 2.45) is 0 Å². The van der Waals surface area contributed by atoms with Crippen molar-refractivity contribution in [3.63, 3.8) is 0 Å². The van der Waals surface area contributed by atoms with Crippen molar-refractivity contribution in [1.82, 2.24) is 10.2 Å². The highest BCUT2D eigenvalue weighted by Gasteiger charge is 2.24. The van der Waals surface area contributed by atoms with E-state index < -0.39 is 0 Å². The molecule has 2 aliphatic heterocycles. The molecule has 0 bridgehead atoms. The van der Waals surface area contributed by atoms with Crippen LogP contribution >= 0.6 is 0 Å². The highest BCUT2D eigenvalue weighted by atomic mass is 16.1. The minimum atomic E-state index is 0.103. The number of benzene rings is 1. The van der Waals surface area contributed by atoms with Crippen LogP contribution in [0.5, 0.6) is 0 Å². The van der Waals surface area contributed by atoms with E-state index in [9.17, 15) is 4.79 Å². The molecule has 1 aromatic carbocycles. The van der Waals surface area contributed by atoms with Crippen LogP contribution in [0.3, 0.4) is 0 Å². The van der Waals surface area contributed by atoms with E-state index in [4.69, 9.17) is 0 Å².